The topological polar surface area (TPSA) is 43.1 Å². The van der Waals surface area contributed by atoms with Gasteiger partial charge in [-0.3, -0.25) is 10.1 Å². The highest BCUT2D eigenvalue weighted by Gasteiger charge is 2.04. The van der Waals surface area contributed by atoms with E-state index >= 15 is 0 Å². The van der Waals surface area contributed by atoms with Gasteiger partial charge < -0.3 is 0 Å². The quantitative estimate of drug-likeness (QED) is 0.529. The van der Waals surface area contributed by atoms with Crippen LogP contribution >= 0.6 is 0 Å². The largest absolute Gasteiger partial charge is 0.269 e. The first-order chi connectivity index (χ1) is 6.09. The van der Waals surface area contributed by atoms with E-state index in [0.717, 1.165) is 12.0 Å². The molecule has 0 unspecified atom stereocenters. The molecule has 0 aliphatic carbocycles. The third kappa shape index (κ3) is 2.86. The smallest absolute Gasteiger partial charge is 0.258 e. The molecule has 0 amide bonds. The van der Waals surface area contributed by atoms with E-state index in [9.17, 15) is 10.1 Å². The molecule has 0 atom stereocenters. The van der Waals surface area contributed by atoms with Crippen molar-refractivity contribution >= 4 is 5.69 Å². The summed E-state index contributed by atoms with van der Waals surface area (Å²) in [7, 11) is 0. The number of rotatable bonds is 3. The Bertz CT molecular complexity index is 290. The zero-order valence-electron chi connectivity index (χ0n) is 7.86. The van der Waals surface area contributed by atoms with Crippen molar-refractivity contribution in [3.63, 3.8) is 0 Å². The highest BCUT2D eigenvalue weighted by molar-refractivity contribution is 5.32. The van der Waals surface area contributed by atoms with Gasteiger partial charge >= 0.3 is 0 Å². The first-order valence-corrected chi connectivity index (χ1v) is 4.33. The van der Waals surface area contributed by atoms with Crippen molar-refractivity contribution in [3.05, 3.63) is 39.9 Å². The molecule has 0 bridgehead atoms. The molecule has 1 aromatic rings. The van der Waals surface area contributed by atoms with Crippen LogP contribution in [0, 0.1) is 16.0 Å². The maximum atomic E-state index is 10.3. The molecule has 3 heteroatoms. The molecule has 0 spiro atoms. The SMILES string of the molecule is CC(C)Cc1ccc([N+](=O)[O-])cc1. The van der Waals surface area contributed by atoms with Crippen LogP contribution in [0.5, 0.6) is 0 Å². The molecule has 0 N–H and O–H groups in total. The van der Waals surface area contributed by atoms with Gasteiger partial charge in [-0.2, -0.15) is 0 Å². The molecule has 0 aliphatic heterocycles. The van der Waals surface area contributed by atoms with Crippen molar-refractivity contribution in [3.8, 4) is 0 Å². The first kappa shape index (κ1) is 9.71. The van der Waals surface area contributed by atoms with Gasteiger partial charge in [0.05, 0.1) is 4.92 Å². The third-order valence-corrected chi connectivity index (χ3v) is 1.79. The number of nitrogens with zero attached hydrogens (tertiary/aromatic N) is 1. The lowest BCUT2D eigenvalue weighted by Crippen LogP contribution is -1.94. The molecular weight excluding hydrogens is 166 g/mol. The van der Waals surface area contributed by atoms with Gasteiger partial charge in [0.15, 0.2) is 0 Å². The summed E-state index contributed by atoms with van der Waals surface area (Å²) in [6.07, 6.45) is 0.970. The Hall–Kier alpha value is -1.38. The van der Waals surface area contributed by atoms with Crippen LogP contribution < -0.4 is 0 Å². The number of benzene rings is 1. The van der Waals surface area contributed by atoms with E-state index in [2.05, 4.69) is 13.8 Å². The van der Waals surface area contributed by atoms with Crippen LogP contribution in [0.15, 0.2) is 24.3 Å². The molecular formula is C10H13NO2. The molecule has 0 aliphatic rings. The normalized spacial score (nSPS) is 10.4. The van der Waals surface area contributed by atoms with E-state index in [-0.39, 0.29) is 10.6 Å². The van der Waals surface area contributed by atoms with E-state index in [1.807, 2.05) is 12.1 Å². The fourth-order valence-corrected chi connectivity index (χ4v) is 1.23. The Labute approximate surface area is 77.5 Å². The Balaban J connectivity index is 2.75. The summed E-state index contributed by atoms with van der Waals surface area (Å²) in [5, 5.41) is 10.3. The molecule has 0 radical (unpaired) electrons. The molecule has 0 saturated carbocycles. The Morgan fingerprint density at radius 1 is 1.31 bits per heavy atom. The Morgan fingerprint density at radius 2 is 1.85 bits per heavy atom. The standard InChI is InChI=1S/C10H13NO2/c1-8(2)7-9-3-5-10(6-4-9)11(12)13/h3-6,8H,7H2,1-2H3. The second kappa shape index (κ2) is 4.03. The van der Waals surface area contributed by atoms with Gasteiger partial charge in [-0.15, -0.1) is 0 Å². The summed E-state index contributed by atoms with van der Waals surface area (Å²) in [6, 6.07) is 6.74. The zero-order chi connectivity index (χ0) is 9.84. The maximum Gasteiger partial charge on any atom is 0.269 e. The van der Waals surface area contributed by atoms with E-state index in [4.69, 9.17) is 0 Å². The van der Waals surface area contributed by atoms with Gasteiger partial charge in [0.1, 0.15) is 0 Å². The van der Waals surface area contributed by atoms with Crippen molar-refractivity contribution in [1.29, 1.82) is 0 Å². The number of hydrogen-bond donors (Lipinski definition) is 0. The molecule has 1 aromatic carbocycles. The predicted molar refractivity (Wildman–Crippen MR) is 51.6 cm³/mol. The number of hydrogen-bond acceptors (Lipinski definition) is 2. The second-order valence-corrected chi connectivity index (χ2v) is 3.52. The van der Waals surface area contributed by atoms with E-state index in [1.165, 1.54) is 0 Å². The average Bonchev–Trinajstić information content (AvgIpc) is 2.04. The zero-order valence-corrected chi connectivity index (χ0v) is 7.86. The molecule has 0 fully saturated rings. The molecule has 1 rings (SSSR count). The lowest BCUT2D eigenvalue weighted by molar-refractivity contribution is -0.384. The van der Waals surface area contributed by atoms with Crippen molar-refractivity contribution in [2.24, 2.45) is 5.92 Å². The van der Waals surface area contributed by atoms with Crippen LogP contribution in [0.4, 0.5) is 5.69 Å². The maximum absolute atomic E-state index is 10.3. The molecule has 70 valence electrons. The number of nitro groups is 1. The first-order valence-electron chi connectivity index (χ1n) is 4.33. The van der Waals surface area contributed by atoms with E-state index in [0.29, 0.717) is 5.92 Å². The molecule has 0 heterocycles. The molecule has 3 nitrogen and oxygen atoms in total. The fraction of sp³-hybridized carbons (Fsp3) is 0.400. The number of non-ortho nitro benzene ring substituents is 1. The van der Waals surface area contributed by atoms with Crippen LogP contribution in [-0.4, -0.2) is 4.92 Å². The fourth-order valence-electron chi connectivity index (χ4n) is 1.23. The van der Waals surface area contributed by atoms with Crippen molar-refractivity contribution in [2.75, 3.05) is 0 Å². The summed E-state index contributed by atoms with van der Waals surface area (Å²) in [5.74, 6) is 0.585. The van der Waals surface area contributed by atoms with Gasteiger partial charge in [0, 0.05) is 12.1 Å². The number of nitro benzene ring substituents is 1. The monoisotopic (exact) mass is 179 g/mol. The highest BCUT2D eigenvalue weighted by Crippen LogP contribution is 2.14. The minimum Gasteiger partial charge on any atom is -0.258 e. The van der Waals surface area contributed by atoms with E-state index < -0.39 is 0 Å². The Morgan fingerprint density at radius 3 is 2.23 bits per heavy atom. The van der Waals surface area contributed by atoms with Crippen molar-refractivity contribution in [2.45, 2.75) is 20.3 Å². The minimum atomic E-state index is -0.376. The second-order valence-electron chi connectivity index (χ2n) is 3.52. The van der Waals surface area contributed by atoms with Gasteiger partial charge in [0.25, 0.3) is 5.69 Å². The molecule has 0 aromatic heterocycles. The summed E-state index contributed by atoms with van der Waals surface area (Å²) in [4.78, 5) is 9.96. The van der Waals surface area contributed by atoms with Gasteiger partial charge in [-0.1, -0.05) is 26.0 Å². The minimum absolute atomic E-state index is 0.160. The molecule has 13 heavy (non-hydrogen) atoms. The van der Waals surface area contributed by atoms with E-state index in [1.54, 1.807) is 12.1 Å². The van der Waals surface area contributed by atoms with Crippen LogP contribution in [0.25, 0.3) is 0 Å². The Kier molecular flexibility index (Phi) is 3.01. The summed E-state index contributed by atoms with van der Waals surface area (Å²) >= 11 is 0. The summed E-state index contributed by atoms with van der Waals surface area (Å²) in [5.41, 5.74) is 1.31. The predicted octanol–water partition coefficient (Wildman–Crippen LogP) is 2.79. The highest BCUT2D eigenvalue weighted by atomic mass is 16.6. The van der Waals surface area contributed by atoms with Crippen molar-refractivity contribution < 1.29 is 4.92 Å². The van der Waals surface area contributed by atoms with Crippen LogP contribution in [0.3, 0.4) is 0 Å². The van der Waals surface area contributed by atoms with Crippen LogP contribution in [0.2, 0.25) is 0 Å². The van der Waals surface area contributed by atoms with Gasteiger partial charge in [-0.05, 0) is 17.9 Å². The lowest BCUT2D eigenvalue weighted by Gasteiger charge is -2.03. The van der Waals surface area contributed by atoms with Crippen LogP contribution in [0.1, 0.15) is 19.4 Å². The lowest BCUT2D eigenvalue weighted by atomic mass is 10.0. The van der Waals surface area contributed by atoms with Gasteiger partial charge in [0.2, 0.25) is 0 Å². The summed E-state index contributed by atoms with van der Waals surface area (Å²) < 4.78 is 0. The summed E-state index contributed by atoms with van der Waals surface area (Å²) in [6.45, 7) is 4.25. The third-order valence-electron chi connectivity index (χ3n) is 1.79. The average molecular weight is 179 g/mol. The van der Waals surface area contributed by atoms with Crippen LogP contribution in [-0.2, 0) is 6.42 Å². The molecule has 0 saturated heterocycles. The van der Waals surface area contributed by atoms with Gasteiger partial charge in [-0.25, -0.2) is 0 Å². The van der Waals surface area contributed by atoms with Crippen molar-refractivity contribution in [1.82, 2.24) is 0 Å².